The van der Waals surface area contributed by atoms with Crippen molar-refractivity contribution in [3.05, 3.63) is 30.2 Å². The Morgan fingerprint density at radius 2 is 2.35 bits per heavy atom. The van der Waals surface area contributed by atoms with Gasteiger partial charge < -0.3 is 9.64 Å². The SMILES string of the molecule is COc1ccnc(N2CCC[C@@H]2Cn2cc(C)cn2)n1. The highest BCUT2D eigenvalue weighted by molar-refractivity contribution is 5.35. The average Bonchev–Trinajstić information content (AvgIpc) is 3.08. The largest absolute Gasteiger partial charge is 0.481 e. The van der Waals surface area contributed by atoms with Crippen molar-refractivity contribution < 1.29 is 4.74 Å². The van der Waals surface area contributed by atoms with Crippen LogP contribution in [0.4, 0.5) is 5.95 Å². The van der Waals surface area contributed by atoms with Gasteiger partial charge >= 0.3 is 0 Å². The van der Waals surface area contributed by atoms with Gasteiger partial charge in [-0.05, 0) is 25.3 Å². The van der Waals surface area contributed by atoms with Crippen LogP contribution in [-0.4, -0.2) is 39.4 Å². The fraction of sp³-hybridized carbons (Fsp3) is 0.500. The van der Waals surface area contributed by atoms with E-state index in [-0.39, 0.29) is 0 Å². The summed E-state index contributed by atoms with van der Waals surface area (Å²) in [5, 5.41) is 4.37. The van der Waals surface area contributed by atoms with E-state index >= 15 is 0 Å². The zero-order chi connectivity index (χ0) is 13.9. The molecular formula is C14H19N5O. The molecule has 2 aromatic heterocycles. The fourth-order valence-corrected chi connectivity index (χ4v) is 2.66. The third-order valence-corrected chi connectivity index (χ3v) is 3.62. The summed E-state index contributed by atoms with van der Waals surface area (Å²) in [6.07, 6.45) is 8.00. The summed E-state index contributed by atoms with van der Waals surface area (Å²) in [7, 11) is 1.63. The smallest absolute Gasteiger partial charge is 0.228 e. The Bertz CT molecular complexity index is 582. The molecule has 106 valence electrons. The standard InChI is InChI=1S/C14H19N5O/c1-11-8-16-18(9-11)10-12-4-3-7-19(12)14-15-6-5-13(17-14)20-2/h5-6,8-9,12H,3-4,7,10H2,1-2H3/t12-/m1/s1. The van der Waals surface area contributed by atoms with E-state index in [1.165, 1.54) is 5.56 Å². The van der Waals surface area contributed by atoms with Gasteiger partial charge in [-0.15, -0.1) is 0 Å². The predicted molar refractivity (Wildman–Crippen MR) is 75.9 cm³/mol. The lowest BCUT2D eigenvalue weighted by Crippen LogP contribution is -2.34. The highest BCUT2D eigenvalue weighted by atomic mass is 16.5. The molecule has 0 spiro atoms. The van der Waals surface area contributed by atoms with Gasteiger partial charge in [0.15, 0.2) is 0 Å². The number of ether oxygens (including phenoxy) is 1. The maximum Gasteiger partial charge on any atom is 0.228 e. The van der Waals surface area contributed by atoms with Gasteiger partial charge in [0.25, 0.3) is 0 Å². The first-order valence-electron chi connectivity index (χ1n) is 6.89. The van der Waals surface area contributed by atoms with Gasteiger partial charge in [0.05, 0.1) is 25.9 Å². The Morgan fingerprint density at radius 1 is 1.45 bits per heavy atom. The van der Waals surface area contributed by atoms with Crippen LogP contribution in [0, 0.1) is 6.92 Å². The lowest BCUT2D eigenvalue weighted by Gasteiger charge is -2.24. The van der Waals surface area contributed by atoms with Gasteiger partial charge in [-0.3, -0.25) is 4.68 Å². The van der Waals surface area contributed by atoms with Crippen molar-refractivity contribution in [2.45, 2.75) is 32.4 Å². The van der Waals surface area contributed by atoms with Crippen LogP contribution in [0.5, 0.6) is 5.88 Å². The van der Waals surface area contributed by atoms with Crippen LogP contribution >= 0.6 is 0 Å². The minimum Gasteiger partial charge on any atom is -0.481 e. The number of aromatic nitrogens is 4. The Hall–Kier alpha value is -2.11. The van der Waals surface area contributed by atoms with Crippen molar-refractivity contribution in [2.24, 2.45) is 0 Å². The van der Waals surface area contributed by atoms with Crippen LogP contribution in [0.2, 0.25) is 0 Å². The summed E-state index contributed by atoms with van der Waals surface area (Å²) in [4.78, 5) is 11.1. The van der Waals surface area contributed by atoms with Crippen molar-refractivity contribution in [1.29, 1.82) is 0 Å². The molecule has 0 saturated carbocycles. The van der Waals surface area contributed by atoms with Gasteiger partial charge in [0.1, 0.15) is 0 Å². The highest BCUT2D eigenvalue weighted by Gasteiger charge is 2.27. The van der Waals surface area contributed by atoms with E-state index in [9.17, 15) is 0 Å². The Labute approximate surface area is 118 Å². The zero-order valence-electron chi connectivity index (χ0n) is 11.9. The number of methoxy groups -OCH3 is 1. The summed E-state index contributed by atoms with van der Waals surface area (Å²) < 4.78 is 7.17. The minimum absolute atomic E-state index is 0.390. The molecule has 6 nitrogen and oxygen atoms in total. The van der Waals surface area contributed by atoms with Crippen LogP contribution in [0.3, 0.4) is 0 Å². The zero-order valence-corrected chi connectivity index (χ0v) is 11.9. The number of nitrogens with zero attached hydrogens (tertiary/aromatic N) is 5. The molecule has 3 heterocycles. The van der Waals surface area contributed by atoms with Gasteiger partial charge in [-0.25, -0.2) is 4.98 Å². The van der Waals surface area contributed by atoms with Crippen molar-refractivity contribution in [1.82, 2.24) is 19.7 Å². The van der Waals surface area contributed by atoms with E-state index in [4.69, 9.17) is 4.74 Å². The molecule has 1 atom stereocenters. The van der Waals surface area contributed by atoms with Gasteiger partial charge in [0.2, 0.25) is 11.8 Å². The van der Waals surface area contributed by atoms with Gasteiger partial charge in [-0.1, -0.05) is 0 Å². The molecular weight excluding hydrogens is 254 g/mol. The third kappa shape index (κ3) is 2.59. The molecule has 0 N–H and O–H groups in total. The summed E-state index contributed by atoms with van der Waals surface area (Å²) in [5.74, 6) is 1.35. The molecule has 1 fully saturated rings. The molecule has 0 unspecified atom stereocenters. The first-order valence-corrected chi connectivity index (χ1v) is 6.89. The van der Waals surface area contributed by atoms with Crippen LogP contribution in [0.1, 0.15) is 18.4 Å². The fourth-order valence-electron chi connectivity index (χ4n) is 2.66. The summed E-state index contributed by atoms with van der Waals surface area (Å²) in [6.45, 7) is 3.91. The molecule has 0 amide bonds. The van der Waals surface area contributed by atoms with E-state index in [1.807, 2.05) is 10.9 Å². The van der Waals surface area contributed by atoms with Crippen molar-refractivity contribution in [3.8, 4) is 5.88 Å². The number of anilines is 1. The number of hydrogen-bond acceptors (Lipinski definition) is 5. The molecule has 20 heavy (non-hydrogen) atoms. The molecule has 0 aliphatic carbocycles. The van der Waals surface area contributed by atoms with Crippen LogP contribution in [-0.2, 0) is 6.54 Å². The van der Waals surface area contributed by atoms with Crippen molar-refractivity contribution >= 4 is 5.95 Å². The van der Waals surface area contributed by atoms with Crippen molar-refractivity contribution in [2.75, 3.05) is 18.6 Å². The quantitative estimate of drug-likeness (QED) is 0.848. The Balaban J connectivity index is 1.77. The normalized spacial score (nSPS) is 18.5. The first-order chi connectivity index (χ1) is 9.76. The second-order valence-electron chi connectivity index (χ2n) is 5.13. The second-order valence-corrected chi connectivity index (χ2v) is 5.13. The topological polar surface area (TPSA) is 56.1 Å². The maximum absolute atomic E-state index is 5.18. The predicted octanol–water partition coefficient (Wildman–Crippen LogP) is 1.66. The summed E-state index contributed by atoms with van der Waals surface area (Å²) in [6, 6.07) is 2.16. The molecule has 1 aliphatic heterocycles. The van der Waals surface area contributed by atoms with Crippen LogP contribution in [0.25, 0.3) is 0 Å². The van der Waals surface area contributed by atoms with E-state index in [1.54, 1.807) is 19.4 Å². The highest BCUT2D eigenvalue weighted by Crippen LogP contribution is 2.24. The summed E-state index contributed by atoms with van der Waals surface area (Å²) >= 11 is 0. The number of hydrogen-bond donors (Lipinski definition) is 0. The minimum atomic E-state index is 0.390. The van der Waals surface area contributed by atoms with Gasteiger partial charge in [-0.2, -0.15) is 10.1 Å². The molecule has 1 aliphatic rings. The van der Waals surface area contributed by atoms with E-state index in [2.05, 4.69) is 33.1 Å². The lowest BCUT2D eigenvalue weighted by molar-refractivity contribution is 0.396. The Kier molecular flexibility index (Phi) is 3.54. The molecule has 0 aromatic carbocycles. The molecule has 3 rings (SSSR count). The monoisotopic (exact) mass is 273 g/mol. The molecule has 6 heteroatoms. The average molecular weight is 273 g/mol. The maximum atomic E-state index is 5.18. The van der Waals surface area contributed by atoms with Crippen LogP contribution in [0.15, 0.2) is 24.7 Å². The molecule has 0 radical (unpaired) electrons. The summed E-state index contributed by atoms with van der Waals surface area (Å²) in [5.41, 5.74) is 1.19. The van der Waals surface area contributed by atoms with E-state index < -0.39 is 0 Å². The second kappa shape index (κ2) is 5.48. The Morgan fingerprint density at radius 3 is 3.10 bits per heavy atom. The van der Waals surface area contributed by atoms with E-state index in [0.717, 1.165) is 31.9 Å². The van der Waals surface area contributed by atoms with Crippen LogP contribution < -0.4 is 9.64 Å². The van der Waals surface area contributed by atoms with E-state index in [0.29, 0.717) is 11.9 Å². The first kappa shape index (κ1) is 12.9. The van der Waals surface area contributed by atoms with Crippen molar-refractivity contribution in [3.63, 3.8) is 0 Å². The lowest BCUT2D eigenvalue weighted by atomic mass is 10.2. The molecule has 0 bridgehead atoms. The number of aryl methyl sites for hydroxylation is 1. The molecule has 1 saturated heterocycles. The molecule has 2 aromatic rings. The number of rotatable bonds is 4. The van der Waals surface area contributed by atoms with Gasteiger partial charge in [0, 0.05) is 25.0 Å². The third-order valence-electron chi connectivity index (χ3n) is 3.62.